The van der Waals surface area contributed by atoms with Gasteiger partial charge < -0.3 is 0 Å². The first-order chi connectivity index (χ1) is 11.9. The smallest absolute Gasteiger partial charge is 0.162 e. The van der Waals surface area contributed by atoms with Crippen LogP contribution in [0.4, 0.5) is 0 Å². The number of aromatic nitrogens is 3. The standard InChI is InChI=1S/C21H15N3/c1-3-7-16(8-4-1)18-11-19(17-9-5-2-6-10-17)13-20(12-18)21-23-14-22-15-24-21/h1-15H. The van der Waals surface area contributed by atoms with E-state index >= 15 is 0 Å². The van der Waals surface area contributed by atoms with Gasteiger partial charge in [-0.3, -0.25) is 0 Å². The van der Waals surface area contributed by atoms with Gasteiger partial charge in [0.2, 0.25) is 0 Å². The van der Waals surface area contributed by atoms with Gasteiger partial charge in [-0.25, -0.2) is 15.0 Å². The van der Waals surface area contributed by atoms with Crippen LogP contribution in [0.15, 0.2) is 91.5 Å². The molecule has 114 valence electrons. The van der Waals surface area contributed by atoms with Crippen molar-refractivity contribution >= 4 is 0 Å². The molecule has 24 heavy (non-hydrogen) atoms. The molecule has 0 aliphatic carbocycles. The molecule has 0 aliphatic rings. The van der Waals surface area contributed by atoms with Crippen LogP contribution in [0.3, 0.4) is 0 Å². The van der Waals surface area contributed by atoms with Crippen LogP contribution in [0, 0.1) is 0 Å². The van der Waals surface area contributed by atoms with Gasteiger partial charge in [0.15, 0.2) is 5.82 Å². The Balaban J connectivity index is 1.92. The van der Waals surface area contributed by atoms with E-state index in [0.717, 1.165) is 16.7 Å². The molecule has 1 heterocycles. The number of rotatable bonds is 3. The second kappa shape index (κ2) is 6.42. The van der Waals surface area contributed by atoms with Gasteiger partial charge in [0, 0.05) is 5.56 Å². The topological polar surface area (TPSA) is 38.7 Å². The Labute approximate surface area is 140 Å². The highest BCUT2D eigenvalue weighted by Crippen LogP contribution is 2.31. The summed E-state index contributed by atoms with van der Waals surface area (Å²) in [5.41, 5.74) is 5.62. The van der Waals surface area contributed by atoms with Crippen LogP contribution in [-0.2, 0) is 0 Å². The molecule has 0 unspecified atom stereocenters. The molecule has 0 atom stereocenters. The van der Waals surface area contributed by atoms with E-state index in [0.29, 0.717) is 5.82 Å². The molecular weight excluding hydrogens is 294 g/mol. The maximum atomic E-state index is 4.30. The lowest BCUT2D eigenvalue weighted by atomic mass is 9.96. The zero-order valence-corrected chi connectivity index (χ0v) is 13.0. The third-order valence-electron chi connectivity index (χ3n) is 3.90. The summed E-state index contributed by atoms with van der Waals surface area (Å²) in [7, 11) is 0. The Bertz CT molecular complexity index is 797. The predicted octanol–water partition coefficient (Wildman–Crippen LogP) is 4.87. The highest BCUT2D eigenvalue weighted by molar-refractivity contribution is 5.79. The Morgan fingerprint density at radius 3 is 1.42 bits per heavy atom. The van der Waals surface area contributed by atoms with Crippen molar-refractivity contribution in [2.75, 3.05) is 0 Å². The Morgan fingerprint density at radius 1 is 0.458 bits per heavy atom. The predicted molar refractivity (Wildman–Crippen MR) is 96.1 cm³/mol. The highest BCUT2D eigenvalue weighted by atomic mass is 15.0. The minimum atomic E-state index is 0.681. The number of nitrogens with zero attached hydrogens (tertiary/aromatic N) is 3. The maximum absolute atomic E-state index is 4.30. The van der Waals surface area contributed by atoms with Gasteiger partial charge >= 0.3 is 0 Å². The van der Waals surface area contributed by atoms with Gasteiger partial charge in [0.05, 0.1) is 0 Å². The van der Waals surface area contributed by atoms with Crippen molar-refractivity contribution < 1.29 is 0 Å². The average Bonchev–Trinajstić information content (AvgIpc) is 2.70. The van der Waals surface area contributed by atoms with E-state index < -0.39 is 0 Å². The minimum Gasteiger partial charge on any atom is -0.225 e. The van der Waals surface area contributed by atoms with Crippen molar-refractivity contribution in [2.45, 2.75) is 0 Å². The number of hydrogen-bond donors (Lipinski definition) is 0. The lowest BCUT2D eigenvalue weighted by Gasteiger charge is -2.10. The van der Waals surface area contributed by atoms with Crippen LogP contribution in [0.1, 0.15) is 0 Å². The largest absolute Gasteiger partial charge is 0.225 e. The fourth-order valence-electron chi connectivity index (χ4n) is 2.74. The molecule has 4 rings (SSSR count). The first-order valence-electron chi connectivity index (χ1n) is 7.78. The van der Waals surface area contributed by atoms with Crippen molar-refractivity contribution in [3.05, 3.63) is 91.5 Å². The Kier molecular flexibility index (Phi) is 3.82. The summed E-state index contributed by atoms with van der Waals surface area (Å²) in [5, 5.41) is 0. The molecule has 0 fully saturated rings. The fraction of sp³-hybridized carbons (Fsp3) is 0. The lowest BCUT2D eigenvalue weighted by molar-refractivity contribution is 1.06. The highest BCUT2D eigenvalue weighted by Gasteiger charge is 2.08. The zero-order valence-electron chi connectivity index (χ0n) is 13.0. The number of hydrogen-bond acceptors (Lipinski definition) is 3. The quantitative estimate of drug-likeness (QED) is 0.542. The van der Waals surface area contributed by atoms with Crippen LogP contribution in [0.5, 0.6) is 0 Å². The molecule has 0 aliphatic heterocycles. The molecule has 3 aromatic carbocycles. The molecule has 1 aromatic heterocycles. The summed E-state index contributed by atoms with van der Waals surface area (Å²) >= 11 is 0. The third kappa shape index (κ3) is 2.92. The van der Waals surface area contributed by atoms with Gasteiger partial charge in [0.1, 0.15) is 12.7 Å². The second-order valence-corrected chi connectivity index (χ2v) is 5.49. The Morgan fingerprint density at radius 2 is 0.917 bits per heavy atom. The first-order valence-corrected chi connectivity index (χ1v) is 7.78. The van der Waals surface area contributed by atoms with Crippen molar-refractivity contribution in [3.63, 3.8) is 0 Å². The summed E-state index contributed by atoms with van der Waals surface area (Å²) in [5.74, 6) is 0.681. The third-order valence-corrected chi connectivity index (χ3v) is 3.90. The van der Waals surface area contributed by atoms with Gasteiger partial charge in [-0.15, -0.1) is 0 Å². The summed E-state index contributed by atoms with van der Waals surface area (Å²) in [4.78, 5) is 12.5. The molecule has 4 aromatic rings. The van der Waals surface area contributed by atoms with E-state index in [1.807, 2.05) is 36.4 Å². The van der Waals surface area contributed by atoms with Crippen LogP contribution in [0.2, 0.25) is 0 Å². The van der Waals surface area contributed by atoms with Crippen LogP contribution < -0.4 is 0 Å². The van der Waals surface area contributed by atoms with Gasteiger partial charge in [-0.05, 0) is 40.5 Å². The molecular formula is C21H15N3. The summed E-state index contributed by atoms with van der Waals surface area (Å²) in [6.45, 7) is 0. The molecule has 0 bridgehead atoms. The van der Waals surface area contributed by atoms with E-state index in [-0.39, 0.29) is 0 Å². The maximum Gasteiger partial charge on any atom is 0.162 e. The van der Waals surface area contributed by atoms with E-state index in [4.69, 9.17) is 0 Å². The van der Waals surface area contributed by atoms with Gasteiger partial charge in [-0.2, -0.15) is 0 Å². The van der Waals surface area contributed by atoms with E-state index in [2.05, 4.69) is 57.4 Å². The van der Waals surface area contributed by atoms with Crippen molar-refractivity contribution in [1.29, 1.82) is 0 Å². The molecule has 0 amide bonds. The second-order valence-electron chi connectivity index (χ2n) is 5.49. The van der Waals surface area contributed by atoms with Crippen LogP contribution in [-0.4, -0.2) is 15.0 Å². The number of benzene rings is 3. The monoisotopic (exact) mass is 309 g/mol. The lowest BCUT2D eigenvalue weighted by Crippen LogP contribution is -1.91. The normalized spacial score (nSPS) is 10.5. The average molecular weight is 309 g/mol. The van der Waals surface area contributed by atoms with Crippen molar-refractivity contribution in [3.8, 4) is 33.6 Å². The molecule has 0 saturated carbocycles. The minimum absolute atomic E-state index is 0.681. The molecule has 0 N–H and O–H groups in total. The van der Waals surface area contributed by atoms with E-state index in [9.17, 15) is 0 Å². The first kappa shape index (κ1) is 14.3. The summed E-state index contributed by atoms with van der Waals surface area (Å²) < 4.78 is 0. The Hall–Kier alpha value is -3.33. The molecule has 0 saturated heterocycles. The molecule has 3 nitrogen and oxygen atoms in total. The van der Waals surface area contributed by atoms with Crippen molar-refractivity contribution in [2.24, 2.45) is 0 Å². The fourth-order valence-corrected chi connectivity index (χ4v) is 2.74. The van der Waals surface area contributed by atoms with Crippen LogP contribution in [0.25, 0.3) is 33.6 Å². The molecule has 0 spiro atoms. The molecule has 0 radical (unpaired) electrons. The summed E-state index contributed by atoms with van der Waals surface area (Å²) in [6.07, 6.45) is 3.05. The van der Waals surface area contributed by atoms with E-state index in [1.165, 1.54) is 23.8 Å². The zero-order chi connectivity index (χ0) is 16.2. The van der Waals surface area contributed by atoms with Crippen LogP contribution >= 0.6 is 0 Å². The van der Waals surface area contributed by atoms with E-state index in [1.54, 1.807) is 0 Å². The molecule has 3 heteroatoms. The van der Waals surface area contributed by atoms with Gasteiger partial charge in [0.25, 0.3) is 0 Å². The van der Waals surface area contributed by atoms with Crippen molar-refractivity contribution in [1.82, 2.24) is 15.0 Å². The SMILES string of the molecule is c1ccc(-c2cc(-c3ccccc3)cc(-c3ncncn3)c2)cc1. The van der Waals surface area contributed by atoms with Gasteiger partial charge in [-0.1, -0.05) is 60.7 Å². The summed E-state index contributed by atoms with van der Waals surface area (Å²) in [6, 6.07) is 27.1.